The van der Waals surface area contributed by atoms with Gasteiger partial charge in [0.1, 0.15) is 0 Å². The molecule has 1 radical (unpaired) electrons. The minimum Gasteiger partial charge on any atom is -0.241 e. The van der Waals surface area contributed by atoms with Gasteiger partial charge in [0, 0.05) is 13.1 Å². The van der Waals surface area contributed by atoms with E-state index >= 15 is 0 Å². The smallest absolute Gasteiger partial charge is 0.0164 e. The fraction of sp³-hybridized carbons (Fsp3) is 1.00. The summed E-state index contributed by atoms with van der Waals surface area (Å²) in [7, 11) is 0. The molecule has 0 aromatic heterocycles. The third-order valence-corrected chi connectivity index (χ3v) is 2.82. The van der Waals surface area contributed by atoms with Gasteiger partial charge in [0.15, 0.2) is 0 Å². The van der Waals surface area contributed by atoms with Crippen LogP contribution in [0.4, 0.5) is 0 Å². The molecule has 2 saturated heterocycles. The van der Waals surface area contributed by atoms with Gasteiger partial charge in [-0.15, -0.1) is 0 Å². The molecular formula is C7H12N. The van der Waals surface area contributed by atoms with Crippen molar-refractivity contribution >= 4 is 0 Å². The lowest BCUT2D eigenvalue weighted by Crippen LogP contribution is -2.49. The Morgan fingerprint density at radius 2 is 1.88 bits per heavy atom. The van der Waals surface area contributed by atoms with E-state index in [1.807, 2.05) is 0 Å². The van der Waals surface area contributed by atoms with Crippen molar-refractivity contribution in [1.29, 1.82) is 0 Å². The van der Waals surface area contributed by atoms with Gasteiger partial charge in [0.25, 0.3) is 0 Å². The van der Waals surface area contributed by atoms with Crippen LogP contribution in [-0.4, -0.2) is 13.1 Å². The minimum atomic E-state index is 0.980. The van der Waals surface area contributed by atoms with Crippen LogP contribution < -0.4 is 5.32 Å². The molecular weight excluding hydrogens is 98.1 g/mol. The summed E-state index contributed by atoms with van der Waals surface area (Å²) in [6.07, 6.45) is 1.48. The Kier molecular flexibility index (Phi) is 0.884. The van der Waals surface area contributed by atoms with Crippen LogP contribution >= 0.6 is 0 Å². The third-order valence-electron chi connectivity index (χ3n) is 2.82. The molecule has 0 aromatic rings. The first-order valence-corrected chi connectivity index (χ1v) is 3.51. The molecule has 0 N–H and O–H groups in total. The van der Waals surface area contributed by atoms with Gasteiger partial charge in [-0.3, -0.25) is 0 Å². The summed E-state index contributed by atoms with van der Waals surface area (Å²) in [5.74, 6) is 2.97. The molecule has 2 heterocycles. The topological polar surface area (TPSA) is 14.1 Å². The molecule has 1 nitrogen and oxygen atoms in total. The number of rotatable bonds is 0. The summed E-state index contributed by atoms with van der Waals surface area (Å²) in [5.41, 5.74) is 0. The first-order chi connectivity index (χ1) is 3.88. The minimum absolute atomic E-state index is 0.980. The van der Waals surface area contributed by atoms with Crippen molar-refractivity contribution in [3.8, 4) is 0 Å². The zero-order chi connectivity index (χ0) is 5.56. The molecule has 2 bridgehead atoms. The van der Waals surface area contributed by atoms with E-state index in [9.17, 15) is 0 Å². The van der Waals surface area contributed by atoms with Gasteiger partial charge in [-0.1, -0.05) is 6.92 Å². The van der Waals surface area contributed by atoms with Crippen molar-refractivity contribution in [2.24, 2.45) is 17.8 Å². The average molecular weight is 110 g/mol. The molecule has 0 amide bonds. The summed E-state index contributed by atoms with van der Waals surface area (Å²) >= 11 is 0. The van der Waals surface area contributed by atoms with Gasteiger partial charge in [0.2, 0.25) is 0 Å². The number of hydrogen-bond donors (Lipinski definition) is 0. The maximum absolute atomic E-state index is 4.36. The zero-order valence-corrected chi connectivity index (χ0v) is 5.30. The second kappa shape index (κ2) is 1.47. The predicted molar refractivity (Wildman–Crippen MR) is 32.6 cm³/mol. The predicted octanol–water partition coefficient (Wildman–Crippen LogP) is 0.877. The highest BCUT2D eigenvalue weighted by Crippen LogP contribution is 2.42. The molecule has 3 fully saturated rings. The fourth-order valence-electron chi connectivity index (χ4n) is 1.90. The summed E-state index contributed by atoms with van der Waals surface area (Å²) in [6.45, 7) is 4.70. The summed E-state index contributed by atoms with van der Waals surface area (Å²) in [5, 5.41) is 4.36. The van der Waals surface area contributed by atoms with Gasteiger partial charge < -0.3 is 0 Å². The van der Waals surface area contributed by atoms with Crippen LogP contribution in [0.5, 0.6) is 0 Å². The Morgan fingerprint density at radius 1 is 1.25 bits per heavy atom. The van der Waals surface area contributed by atoms with E-state index in [4.69, 9.17) is 0 Å². The molecule has 3 rings (SSSR count). The van der Waals surface area contributed by atoms with E-state index in [2.05, 4.69) is 12.2 Å². The van der Waals surface area contributed by atoms with E-state index < -0.39 is 0 Å². The number of nitrogens with zero attached hydrogens (tertiary/aromatic N) is 1. The molecule has 1 aliphatic carbocycles. The van der Waals surface area contributed by atoms with Crippen molar-refractivity contribution in [2.45, 2.75) is 13.3 Å². The molecule has 0 aromatic carbocycles. The molecule has 2 atom stereocenters. The van der Waals surface area contributed by atoms with Crippen molar-refractivity contribution < 1.29 is 0 Å². The van der Waals surface area contributed by atoms with Gasteiger partial charge in [0.05, 0.1) is 0 Å². The van der Waals surface area contributed by atoms with Gasteiger partial charge >= 0.3 is 0 Å². The summed E-state index contributed by atoms with van der Waals surface area (Å²) in [6, 6.07) is 0. The van der Waals surface area contributed by atoms with Crippen molar-refractivity contribution in [3.05, 3.63) is 0 Å². The quantitative estimate of drug-likeness (QED) is 0.439. The van der Waals surface area contributed by atoms with E-state index in [1.54, 1.807) is 0 Å². The van der Waals surface area contributed by atoms with Crippen LogP contribution in [0.2, 0.25) is 0 Å². The average Bonchev–Trinajstić information content (AvgIpc) is 1.89. The highest BCUT2D eigenvalue weighted by atomic mass is 14.9. The second-order valence-electron chi connectivity index (χ2n) is 3.20. The molecule has 8 heavy (non-hydrogen) atoms. The molecule has 1 saturated carbocycles. The van der Waals surface area contributed by atoms with E-state index in [1.165, 1.54) is 6.42 Å². The maximum atomic E-state index is 4.36. The zero-order valence-electron chi connectivity index (χ0n) is 5.30. The van der Waals surface area contributed by atoms with Crippen LogP contribution in [0.1, 0.15) is 13.3 Å². The molecule has 2 unspecified atom stereocenters. The lowest BCUT2D eigenvalue weighted by atomic mass is 9.63. The standard InChI is InChI=1S/C7H12N/c1-5-6-2-7(5)4-8-3-6/h5-7H,2-4H2,1H3. The molecule has 3 aliphatic rings. The molecule has 0 spiro atoms. The van der Waals surface area contributed by atoms with E-state index in [0.29, 0.717) is 0 Å². The van der Waals surface area contributed by atoms with Crippen LogP contribution in [0.25, 0.3) is 0 Å². The Morgan fingerprint density at radius 3 is 2.12 bits per heavy atom. The SMILES string of the molecule is CC1C2C[N]CC1C2. The van der Waals surface area contributed by atoms with Crippen LogP contribution in [0.15, 0.2) is 0 Å². The number of fused-ring (bicyclic) bond motifs is 2. The van der Waals surface area contributed by atoms with E-state index in [0.717, 1.165) is 30.8 Å². The lowest BCUT2D eigenvalue weighted by Gasteiger charge is -2.47. The first kappa shape index (κ1) is 4.80. The largest absolute Gasteiger partial charge is 0.241 e. The summed E-state index contributed by atoms with van der Waals surface area (Å²) in [4.78, 5) is 0. The highest BCUT2D eigenvalue weighted by Gasteiger charge is 2.40. The molecule has 2 aliphatic heterocycles. The summed E-state index contributed by atoms with van der Waals surface area (Å²) < 4.78 is 0. The maximum Gasteiger partial charge on any atom is 0.0164 e. The van der Waals surface area contributed by atoms with Gasteiger partial charge in [-0.25, -0.2) is 5.32 Å². The van der Waals surface area contributed by atoms with Gasteiger partial charge in [-0.2, -0.15) is 0 Å². The highest BCUT2D eigenvalue weighted by molar-refractivity contribution is 4.92. The molecule has 1 heteroatoms. The number of piperidine rings is 2. The lowest BCUT2D eigenvalue weighted by molar-refractivity contribution is 0.0438. The Labute approximate surface area is 50.5 Å². The van der Waals surface area contributed by atoms with Crippen molar-refractivity contribution in [3.63, 3.8) is 0 Å². The first-order valence-electron chi connectivity index (χ1n) is 3.51. The third kappa shape index (κ3) is 0.455. The van der Waals surface area contributed by atoms with Crippen molar-refractivity contribution in [1.82, 2.24) is 5.32 Å². The monoisotopic (exact) mass is 110 g/mol. The number of hydrogen-bond acceptors (Lipinski definition) is 0. The van der Waals surface area contributed by atoms with Crippen LogP contribution in [0, 0.1) is 17.8 Å². The Bertz CT molecular complexity index is 86.6. The van der Waals surface area contributed by atoms with Gasteiger partial charge in [-0.05, 0) is 24.2 Å². The normalized spacial score (nSPS) is 52.9. The van der Waals surface area contributed by atoms with Crippen molar-refractivity contribution in [2.75, 3.05) is 13.1 Å². The van der Waals surface area contributed by atoms with Crippen LogP contribution in [0.3, 0.4) is 0 Å². The Balaban J connectivity index is 2.03. The Hall–Kier alpha value is -0.0400. The molecule has 45 valence electrons. The fourth-order valence-corrected chi connectivity index (χ4v) is 1.90. The van der Waals surface area contributed by atoms with Crippen LogP contribution in [-0.2, 0) is 0 Å². The second-order valence-corrected chi connectivity index (χ2v) is 3.20. The van der Waals surface area contributed by atoms with E-state index in [-0.39, 0.29) is 0 Å².